The predicted molar refractivity (Wildman–Crippen MR) is 64.8 cm³/mol. The van der Waals surface area contributed by atoms with E-state index in [4.69, 9.17) is 4.74 Å². The minimum absolute atomic E-state index is 0.0769. The molecule has 5 nitrogen and oxygen atoms in total. The van der Waals surface area contributed by atoms with E-state index in [2.05, 4.69) is 10.3 Å². The molecule has 2 heterocycles. The number of carbonyl (C=O) groups is 1. The average Bonchev–Trinajstić information content (AvgIpc) is 2.86. The normalized spacial score (nSPS) is 23.6. The molecule has 2 atom stereocenters. The molecule has 0 aromatic carbocycles. The van der Waals surface area contributed by atoms with Crippen molar-refractivity contribution in [3.63, 3.8) is 0 Å². The van der Waals surface area contributed by atoms with Crippen LogP contribution in [0.25, 0.3) is 0 Å². The maximum atomic E-state index is 12.3. The minimum Gasteiger partial charge on any atom is -0.379 e. The van der Waals surface area contributed by atoms with Crippen molar-refractivity contribution in [1.29, 1.82) is 0 Å². The Morgan fingerprint density at radius 2 is 2.18 bits per heavy atom. The number of pyridine rings is 1. The summed E-state index contributed by atoms with van der Waals surface area (Å²) in [5.41, 5.74) is 0.853. The highest BCUT2D eigenvalue weighted by molar-refractivity contribution is 5.95. The monoisotopic (exact) mass is 235 g/mol. The van der Waals surface area contributed by atoms with Gasteiger partial charge >= 0.3 is 0 Å². The molecule has 1 aliphatic heterocycles. The Morgan fingerprint density at radius 3 is 2.82 bits per heavy atom. The number of nitrogens with one attached hydrogen (secondary N) is 1. The third kappa shape index (κ3) is 2.45. The van der Waals surface area contributed by atoms with E-state index in [1.54, 1.807) is 24.3 Å². The van der Waals surface area contributed by atoms with Crippen molar-refractivity contribution in [3.05, 3.63) is 24.5 Å². The molecule has 2 rings (SSSR count). The van der Waals surface area contributed by atoms with E-state index in [1.807, 2.05) is 19.2 Å². The van der Waals surface area contributed by atoms with Crippen LogP contribution >= 0.6 is 0 Å². The fraction of sp³-hybridized carbons (Fsp3) is 0.500. The third-order valence-corrected chi connectivity index (χ3v) is 3.15. The fourth-order valence-electron chi connectivity index (χ4n) is 2.03. The van der Waals surface area contributed by atoms with Crippen LogP contribution in [0.4, 0.5) is 5.69 Å². The quantitative estimate of drug-likeness (QED) is 0.817. The lowest BCUT2D eigenvalue weighted by atomic mass is 10.0. The Morgan fingerprint density at radius 1 is 1.47 bits per heavy atom. The number of hydrogen-bond acceptors (Lipinski definition) is 4. The van der Waals surface area contributed by atoms with E-state index < -0.39 is 0 Å². The summed E-state index contributed by atoms with van der Waals surface area (Å²) in [6.45, 7) is 1.08. The van der Waals surface area contributed by atoms with Gasteiger partial charge in [-0.15, -0.1) is 0 Å². The van der Waals surface area contributed by atoms with E-state index in [-0.39, 0.29) is 17.9 Å². The first-order valence-corrected chi connectivity index (χ1v) is 5.66. The van der Waals surface area contributed by atoms with Gasteiger partial charge in [0.05, 0.1) is 19.1 Å². The summed E-state index contributed by atoms with van der Waals surface area (Å²) >= 11 is 0. The zero-order valence-corrected chi connectivity index (χ0v) is 10.1. The second-order valence-corrected chi connectivity index (χ2v) is 4.14. The first-order valence-electron chi connectivity index (χ1n) is 5.66. The number of nitrogens with zero attached hydrogens (tertiary/aromatic N) is 2. The smallest absolute Gasteiger partial charge is 0.233 e. The molecule has 1 aliphatic rings. The Balaban J connectivity index is 2.10. The Hall–Kier alpha value is -1.46. The summed E-state index contributed by atoms with van der Waals surface area (Å²) in [4.78, 5) is 17.9. The van der Waals surface area contributed by atoms with E-state index in [0.29, 0.717) is 13.2 Å². The lowest BCUT2D eigenvalue weighted by Crippen LogP contribution is -2.43. The van der Waals surface area contributed by atoms with Gasteiger partial charge in [0.25, 0.3) is 0 Å². The maximum absolute atomic E-state index is 12.3. The van der Waals surface area contributed by atoms with Gasteiger partial charge in [0.1, 0.15) is 0 Å². The second-order valence-electron chi connectivity index (χ2n) is 4.14. The molecular weight excluding hydrogens is 218 g/mol. The van der Waals surface area contributed by atoms with Gasteiger partial charge in [-0.2, -0.15) is 0 Å². The summed E-state index contributed by atoms with van der Waals surface area (Å²) in [6.07, 6.45) is 3.36. The van der Waals surface area contributed by atoms with Crippen LogP contribution in [0.5, 0.6) is 0 Å². The molecule has 1 aromatic rings. The molecule has 0 spiro atoms. The highest BCUT2D eigenvalue weighted by Crippen LogP contribution is 2.19. The van der Waals surface area contributed by atoms with Crippen LogP contribution in [0.3, 0.4) is 0 Å². The van der Waals surface area contributed by atoms with Crippen molar-refractivity contribution in [1.82, 2.24) is 10.3 Å². The van der Waals surface area contributed by atoms with E-state index in [9.17, 15) is 4.79 Å². The number of ether oxygens (including phenoxy) is 1. The van der Waals surface area contributed by atoms with Gasteiger partial charge in [0.2, 0.25) is 5.91 Å². The molecule has 1 aromatic heterocycles. The molecule has 0 bridgehead atoms. The molecule has 0 radical (unpaired) electrons. The van der Waals surface area contributed by atoms with Gasteiger partial charge in [0.15, 0.2) is 0 Å². The molecule has 92 valence electrons. The van der Waals surface area contributed by atoms with Crippen LogP contribution in [-0.2, 0) is 9.53 Å². The summed E-state index contributed by atoms with van der Waals surface area (Å²) in [7, 11) is 3.63. The van der Waals surface area contributed by atoms with Gasteiger partial charge < -0.3 is 15.0 Å². The molecule has 5 heteroatoms. The topological polar surface area (TPSA) is 54.5 Å². The van der Waals surface area contributed by atoms with Crippen molar-refractivity contribution in [2.45, 2.75) is 6.04 Å². The molecule has 17 heavy (non-hydrogen) atoms. The highest BCUT2D eigenvalue weighted by atomic mass is 16.5. The molecule has 0 saturated carbocycles. The summed E-state index contributed by atoms with van der Waals surface area (Å²) in [5, 5.41) is 3.12. The number of likely N-dealkylation sites (N-methyl/N-ethyl adjacent to an activating group) is 1. The SMILES string of the molecule is CNC1COCC1C(=O)N(C)c1ccncc1. The summed E-state index contributed by atoms with van der Waals surface area (Å²) < 4.78 is 5.35. The van der Waals surface area contributed by atoms with Crippen molar-refractivity contribution >= 4 is 11.6 Å². The lowest BCUT2D eigenvalue weighted by molar-refractivity contribution is -0.122. The number of carbonyl (C=O) groups excluding carboxylic acids is 1. The molecule has 0 aliphatic carbocycles. The van der Waals surface area contributed by atoms with Gasteiger partial charge in [-0.05, 0) is 19.2 Å². The lowest BCUT2D eigenvalue weighted by Gasteiger charge is -2.23. The largest absolute Gasteiger partial charge is 0.379 e. The van der Waals surface area contributed by atoms with Crippen molar-refractivity contribution in [3.8, 4) is 0 Å². The maximum Gasteiger partial charge on any atom is 0.233 e. The number of anilines is 1. The summed E-state index contributed by atoms with van der Waals surface area (Å²) in [5.74, 6) is -0.0359. The van der Waals surface area contributed by atoms with Crippen LogP contribution in [0.1, 0.15) is 0 Å². The highest BCUT2D eigenvalue weighted by Gasteiger charge is 2.35. The number of aromatic nitrogens is 1. The Kier molecular flexibility index (Phi) is 3.71. The minimum atomic E-state index is -0.113. The zero-order chi connectivity index (χ0) is 12.3. The number of rotatable bonds is 3. The van der Waals surface area contributed by atoms with Crippen molar-refractivity contribution < 1.29 is 9.53 Å². The second kappa shape index (κ2) is 5.25. The molecule has 1 N–H and O–H groups in total. The van der Waals surface area contributed by atoms with E-state index in [1.165, 1.54) is 0 Å². The first-order chi connectivity index (χ1) is 8.24. The van der Waals surface area contributed by atoms with Gasteiger partial charge in [-0.1, -0.05) is 0 Å². The van der Waals surface area contributed by atoms with Crippen LogP contribution in [0.15, 0.2) is 24.5 Å². The van der Waals surface area contributed by atoms with Gasteiger partial charge in [-0.3, -0.25) is 9.78 Å². The molecule has 1 fully saturated rings. The summed E-state index contributed by atoms with van der Waals surface area (Å²) in [6, 6.07) is 3.75. The fourth-order valence-corrected chi connectivity index (χ4v) is 2.03. The predicted octanol–water partition coefficient (Wildman–Crippen LogP) is 0.279. The zero-order valence-electron chi connectivity index (χ0n) is 10.1. The first kappa shape index (κ1) is 12.0. The molecule has 1 amide bonds. The van der Waals surface area contributed by atoms with E-state index in [0.717, 1.165) is 5.69 Å². The van der Waals surface area contributed by atoms with Gasteiger partial charge in [-0.25, -0.2) is 0 Å². The Bertz CT molecular complexity index is 383. The van der Waals surface area contributed by atoms with Crippen LogP contribution < -0.4 is 10.2 Å². The number of amides is 1. The van der Waals surface area contributed by atoms with Crippen LogP contribution in [0, 0.1) is 5.92 Å². The van der Waals surface area contributed by atoms with Crippen LogP contribution in [0.2, 0.25) is 0 Å². The van der Waals surface area contributed by atoms with Crippen molar-refractivity contribution in [2.75, 3.05) is 32.2 Å². The standard InChI is InChI=1S/C12H17N3O2/c1-13-11-8-17-7-10(11)12(16)15(2)9-3-5-14-6-4-9/h3-6,10-11,13H,7-8H2,1-2H3. The number of hydrogen-bond donors (Lipinski definition) is 1. The average molecular weight is 235 g/mol. The third-order valence-electron chi connectivity index (χ3n) is 3.15. The van der Waals surface area contributed by atoms with Crippen molar-refractivity contribution in [2.24, 2.45) is 5.92 Å². The molecule has 2 unspecified atom stereocenters. The van der Waals surface area contributed by atoms with E-state index >= 15 is 0 Å². The van der Waals surface area contributed by atoms with Gasteiger partial charge in [0, 0.05) is 31.2 Å². The van der Waals surface area contributed by atoms with Crippen LogP contribution in [-0.4, -0.2) is 44.2 Å². The Labute approximate surface area is 101 Å². The molecular formula is C12H17N3O2. The molecule has 1 saturated heterocycles.